The Labute approximate surface area is 85.6 Å². The van der Waals surface area contributed by atoms with Crippen LogP contribution in [0.1, 0.15) is 39.0 Å². The molecule has 0 spiro atoms. The van der Waals surface area contributed by atoms with E-state index >= 15 is 0 Å². The lowest BCUT2D eigenvalue weighted by molar-refractivity contribution is -0.132. The zero-order valence-electron chi connectivity index (χ0n) is 8.91. The van der Waals surface area contributed by atoms with E-state index < -0.39 is 0 Å². The van der Waals surface area contributed by atoms with Crippen LogP contribution in [0.25, 0.3) is 0 Å². The summed E-state index contributed by atoms with van der Waals surface area (Å²) in [6, 6.07) is 0.560. The molecule has 1 unspecified atom stereocenters. The predicted molar refractivity (Wildman–Crippen MR) is 55.7 cm³/mol. The van der Waals surface area contributed by atoms with Crippen molar-refractivity contribution in [1.82, 2.24) is 4.90 Å². The molecule has 80 valence electrons. The predicted octanol–water partition coefficient (Wildman–Crippen LogP) is 1.12. The summed E-state index contributed by atoms with van der Waals surface area (Å²) < 4.78 is 0. The third-order valence-electron chi connectivity index (χ3n) is 2.96. The van der Waals surface area contributed by atoms with E-state index in [1.807, 2.05) is 6.92 Å². The molecule has 1 amide bonds. The Bertz CT molecular complexity index is 219. The summed E-state index contributed by atoms with van der Waals surface area (Å²) in [7, 11) is 0. The van der Waals surface area contributed by atoms with Crippen molar-refractivity contribution >= 4 is 5.91 Å². The highest BCUT2D eigenvalue weighted by molar-refractivity contribution is 5.77. The molecule has 0 aromatic heterocycles. The number of rotatable bonds is 5. The minimum atomic E-state index is 0.00273. The Kier molecular flexibility index (Phi) is 2.77. The van der Waals surface area contributed by atoms with Crippen LogP contribution < -0.4 is 5.73 Å². The summed E-state index contributed by atoms with van der Waals surface area (Å²) in [5, 5.41) is 0. The molecule has 3 heteroatoms. The normalized spacial score (nSPS) is 23.3. The number of hydrogen-bond acceptors (Lipinski definition) is 2. The number of carbonyl (C=O) groups excluding carboxylic acids is 1. The Balaban J connectivity index is 1.84. The molecule has 0 saturated heterocycles. The first kappa shape index (κ1) is 9.97. The number of amides is 1. The quantitative estimate of drug-likeness (QED) is 0.716. The number of nitrogens with two attached hydrogens (primary N) is 1. The number of nitrogens with zero attached hydrogens (tertiary/aromatic N) is 1. The molecular formula is C11H20N2O. The minimum absolute atomic E-state index is 0.00273. The van der Waals surface area contributed by atoms with Gasteiger partial charge in [-0.15, -0.1) is 0 Å². The summed E-state index contributed by atoms with van der Waals surface area (Å²) in [6.45, 7) is 2.90. The van der Waals surface area contributed by atoms with Crippen molar-refractivity contribution < 1.29 is 4.79 Å². The van der Waals surface area contributed by atoms with Crippen LogP contribution in [0.4, 0.5) is 0 Å². The second-order valence-corrected chi connectivity index (χ2v) is 4.90. The highest BCUT2D eigenvalue weighted by Crippen LogP contribution is 2.35. The van der Waals surface area contributed by atoms with Gasteiger partial charge < -0.3 is 10.6 Å². The van der Waals surface area contributed by atoms with E-state index in [1.54, 1.807) is 0 Å². The summed E-state index contributed by atoms with van der Waals surface area (Å²) in [6.07, 6.45) is 5.56. The van der Waals surface area contributed by atoms with Crippen molar-refractivity contribution in [3.8, 4) is 0 Å². The molecule has 2 fully saturated rings. The van der Waals surface area contributed by atoms with Gasteiger partial charge >= 0.3 is 0 Å². The average molecular weight is 196 g/mol. The molecule has 2 rings (SSSR count). The molecule has 0 bridgehead atoms. The van der Waals surface area contributed by atoms with Gasteiger partial charge in [-0.3, -0.25) is 4.79 Å². The molecule has 1 atom stereocenters. The van der Waals surface area contributed by atoms with Crippen LogP contribution >= 0.6 is 0 Å². The molecule has 0 heterocycles. The third kappa shape index (κ3) is 2.71. The fraction of sp³-hybridized carbons (Fsp3) is 0.909. The van der Waals surface area contributed by atoms with Crippen LogP contribution in [-0.2, 0) is 4.79 Å². The van der Waals surface area contributed by atoms with E-state index in [0.29, 0.717) is 12.5 Å². The van der Waals surface area contributed by atoms with Gasteiger partial charge in [0, 0.05) is 25.0 Å². The van der Waals surface area contributed by atoms with Gasteiger partial charge in [0.2, 0.25) is 5.91 Å². The lowest BCUT2D eigenvalue weighted by atomic mass is 10.2. The van der Waals surface area contributed by atoms with Crippen molar-refractivity contribution in [2.75, 3.05) is 6.54 Å². The molecule has 0 radical (unpaired) electrons. The molecule has 0 aromatic carbocycles. The maximum absolute atomic E-state index is 11.8. The van der Waals surface area contributed by atoms with Gasteiger partial charge in [-0.2, -0.15) is 0 Å². The summed E-state index contributed by atoms with van der Waals surface area (Å²) in [5.74, 6) is 1.07. The van der Waals surface area contributed by atoms with E-state index in [9.17, 15) is 4.79 Å². The van der Waals surface area contributed by atoms with E-state index in [2.05, 4.69) is 4.90 Å². The van der Waals surface area contributed by atoms with Gasteiger partial charge in [0.1, 0.15) is 0 Å². The van der Waals surface area contributed by atoms with Crippen LogP contribution in [0.2, 0.25) is 0 Å². The molecule has 2 saturated carbocycles. The van der Waals surface area contributed by atoms with Crippen molar-refractivity contribution in [2.24, 2.45) is 11.7 Å². The van der Waals surface area contributed by atoms with Crippen molar-refractivity contribution in [1.29, 1.82) is 0 Å². The SMILES string of the molecule is CC(N)CC(=O)N(CC1CC1)C1CC1. The lowest BCUT2D eigenvalue weighted by Gasteiger charge is -2.23. The van der Waals surface area contributed by atoms with E-state index in [0.717, 1.165) is 12.5 Å². The molecule has 2 aliphatic carbocycles. The first-order valence-corrected chi connectivity index (χ1v) is 5.72. The van der Waals surface area contributed by atoms with Crippen LogP contribution in [0.15, 0.2) is 0 Å². The first-order chi connectivity index (χ1) is 6.66. The number of hydrogen-bond donors (Lipinski definition) is 1. The van der Waals surface area contributed by atoms with Gasteiger partial charge in [-0.05, 0) is 38.5 Å². The molecule has 0 aromatic rings. The summed E-state index contributed by atoms with van der Waals surface area (Å²) in [4.78, 5) is 13.9. The molecule has 0 aliphatic heterocycles. The zero-order valence-corrected chi connectivity index (χ0v) is 8.91. The standard InChI is InChI=1S/C11H20N2O/c1-8(12)6-11(14)13(10-4-5-10)7-9-2-3-9/h8-10H,2-7,12H2,1H3. The minimum Gasteiger partial charge on any atom is -0.339 e. The monoisotopic (exact) mass is 196 g/mol. The van der Waals surface area contributed by atoms with Crippen molar-refractivity contribution in [2.45, 2.75) is 51.1 Å². The Morgan fingerprint density at radius 3 is 2.50 bits per heavy atom. The summed E-state index contributed by atoms with van der Waals surface area (Å²) >= 11 is 0. The lowest BCUT2D eigenvalue weighted by Crippen LogP contribution is -2.37. The second-order valence-electron chi connectivity index (χ2n) is 4.90. The van der Waals surface area contributed by atoms with E-state index in [1.165, 1.54) is 25.7 Å². The van der Waals surface area contributed by atoms with Crippen LogP contribution in [-0.4, -0.2) is 29.4 Å². The van der Waals surface area contributed by atoms with Crippen molar-refractivity contribution in [3.05, 3.63) is 0 Å². The van der Waals surface area contributed by atoms with Gasteiger partial charge in [-0.25, -0.2) is 0 Å². The fourth-order valence-corrected chi connectivity index (χ4v) is 1.81. The molecule has 2 aliphatic rings. The second kappa shape index (κ2) is 3.89. The van der Waals surface area contributed by atoms with Crippen LogP contribution in [0.3, 0.4) is 0 Å². The topological polar surface area (TPSA) is 46.3 Å². The summed E-state index contributed by atoms with van der Waals surface area (Å²) in [5.41, 5.74) is 5.65. The smallest absolute Gasteiger partial charge is 0.224 e. The Morgan fingerprint density at radius 1 is 1.43 bits per heavy atom. The number of carbonyl (C=O) groups is 1. The molecule has 3 nitrogen and oxygen atoms in total. The zero-order chi connectivity index (χ0) is 10.1. The van der Waals surface area contributed by atoms with Gasteiger partial charge in [0.25, 0.3) is 0 Å². The van der Waals surface area contributed by atoms with Crippen LogP contribution in [0, 0.1) is 5.92 Å². The highest BCUT2D eigenvalue weighted by Gasteiger charge is 2.36. The first-order valence-electron chi connectivity index (χ1n) is 5.72. The van der Waals surface area contributed by atoms with Gasteiger partial charge in [0.15, 0.2) is 0 Å². The molecular weight excluding hydrogens is 176 g/mol. The van der Waals surface area contributed by atoms with E-state index in [4.69, 9.17) is 5.73 Å². The largest absolute Gasteiger partial charge is 0.339 e. The average Bonchev–Trinajstić information content (AvgIpc) is 2.94. The van der Waals surface area contributed by atoms with Crippen LogP contribution in [0.5, 0.6) is 0 Å². The van der Waals surface area contributed by atoms with Gasteiger partial charge in [-0.1, -0.05) is 0 Å². The molecule has 2 N–H and O–H groups in total. The Hall–Kier alpha value is -0.570. The third-order valence-corrected chi connectivity index (χ3v) is 2.96. The maximum atomic E-state index is 11.8. The fourth-order valence-electron chi connectivity index (χ4n) is 1.81. The Morgan fingerprint density at radius 2 is 2.07 bits per heavy atom. The van der Waals surface area contributed by atoms with E-state index in [-0.39, 0.29) is 11.9 Å². The van der Waals surface area contributed by atoms with Crippen molar-refractivity contribution in [3.63, 3.8) is 0 Å². The molecule has 14 heavy (non-hydrogen) atoms. The highest BCUT2D eigenvalue weighted by atomic mass is 16.2. The maximum Gasteiger partial charge on any atom is 0.224 e. The van der Waals surface area contributed by atoms with Gasteiger partial charge in [0.05, 0.1) is 0 Å².